The Labute approximate surface area is 172 Å². The number of carbonyl (C=O) groups excluding carboxylic acids is 4. The third-order valence-corrected chi connectivity index (χ3v) is 5.10. The van der Waals surface area contributed by atoms with Crippen LogP contribution in [0.15, 0.2) is 66.7 Å². The van der Waals surface area contributed by atoms with Crippen molar-refractivity contribution < 1.29 is 19.2 Å². The maximum Gasteiger partial charge on any atom is 0.255 e. The molecule has 1 atom stereocenters. The largest absolute Gasteiger partial charge is 0.325 e. The van der Waals surface area contributed by atoms with Gasteiger partial charge in [-0.3, -0.25) is 14.4 Å². The van der Waals surface area contributed by atoms with Gasteiger partial charge in [0, 0.05) is 28.1 Å². The Kier molecular flexibility index (Phi) is 4.98. The van der Waals surface area contributed by atoms with Crippen LogP contribution in [-0.4, -0.2) is 23.9 Å². The van der Waals surface area contributed by atoms with Crippen molar-refractivity contribution in [2.45, 2.75) is 12.8 Å². The van der Waals surface area contributed by atoms with Crippen molar-refractivity contribution in [1.82, 2.24) is 0 Å². The van der Waals surface area contributed by atoms with Gasteiger partial charge in [-0.25, -0.2) is 0 Å². The zero-order valence-electron chi connectivity index (χ0n) is 16.1. The first-order valence-electron chi connectivity index (χ1n) is 9.40. The van der Waals surface area contributed by atoms with Crippen LogP contribution < -0.4 is 10.6 Å². The molecule has 148 valence electrons. The summed E-state index contributed by atoms with van der Waals surface area (Å²) in [4.78, 5) is 48.4. The number of rotatable bonds is 5. The van der Waals surface area contributed by atoms with Gasteiger partial charge in [0.05, 0.1) is 0 Å². The molecular weight excluding hydrogens is 380 g/mol. The molecule has 0 spiro atoms. The van der Waals surface area contributed by atoms with Crippen LogP contribution in [0.25, 0.3) is 0 Å². The van der Waals surface area contributed by atoms with E-state index in [9.17, 15) is 19.2 Å². The number of benzene rings is 3. The van der Waals surface area contributed by atoms with E-state index in [-0.39, 0.29) is 11.7 Å². The van der Waals surface area contributed by atoms with E-state index in [1.807, 2.05) is 19.1 Å². The highest BCUT2D eigenvalue weighted by molar-refractivity contribution is 6.14. The number of aldehydes is 1. The molecule has 0 saturated carbocycles. The Morgan fingerprint density at radius 2 is 1.73 bits per heavy atom. The second-order valence-electron chi connectivity index (χ2n) is 7.08. The van der Waals surface area contributed by atoms with Crippen LogP contribution in [0, 0.1) is 6.92 Å². The van der Waals surface area contributed by atoms with Gasteiger partial charge in [0.1, 0.15) is 12.2 Å². The number of hydrogen-bond acceptors (Lipinski definition) is 4. The molecule has 3 aromatic rings. The van der Waals surface area contributed by atoms with E-state index in [1.165, 1.54) is 0 Å². The van der Waals surface area contributed by atoms with Gasteiger partial charge in [-0.05, 0) is 42.3 Å². The molecule has 6 nitrogen and oxygen atoms in total. The number of anilines is 2. The molecule has 0 radical (unpaired) electrons. The first kappa shape index (κ1) is 19.3. The predicted octanol–water partition coefficient (Wildman–Crippen LogP) is 3.71. The van der Waals surface area contributed by atoms with E-state index in [2.05, 4.69) is 10.6 Å². The van der Waals surface area contributed by atoms with Crippen LogP contribution in [0.5, 0.6) is 0 Å². The summed E-state index contributed by atoms with van der Waals surface area (Å²) < 4.78 is 0. The molecule has 1 aliphatic rings. The maximum atomic E-state index is 12.9. The fraction of sp³-hybridized carbons (Fsp3) is 0.0833. The topological polar surface area (TPSA) is 92.3 Å². The molecule has 30 heavy (non-hydrogen) atoms. The number of hydrogen-bond donors (Lipinski definition) is 2. The maximum absolute atomic E-state index is 12.9. The number of nitrogens with one attached hydrogen (secondary N) is 2. The average Bonchev–Trinajstić information content (AvgIpc) is 3.07. The van der Waals surface area contributed by atoms with Crippen LogP contribution in [0.1, 0.15) is 43.3 Å². The van der Waals surface area contributed by atoms with Crippen molar-refractivity contribution in [2.24, 2.45) is 0 Å². The highest BCUT2D eigenvalue weighted by Crippen LogP contribution is 2.32. The van der Waals surface area contributed by atoms with Gasteiger partial charge in [-0.15, -0.1) is 0 Å². The van der Waals surface area contributed by atoms with Gasteiger partial charge < -0.3 is 15.4 Å². The van der Waals surface area contributed by atoms with Crippen LogP contribution in [0.3, 0.4) is 0 Å². The van der Waals surface area contributed by atoms with Gasteiger partial charge in [-0.2, -0.15) is 0 Å². The molecular formula is C24H18N2O4. The molecule has 1 aliphatic heterocycles. The van der Waals surface area contributed by atoms with E-state index in [4.69, 9.17) is 0 Å². The molecule has 2 N–H and O–H groups in total. The van der Waals surface area contributed by atoms with Crippen molar-refractivity contribution in [2.75, 3.05) is 10.6 Å². The fourth-order valence-electron chi connectivity index (χ4n) is 3.49. The molecule has 0 aliphatic carbocycles. The summed E-state index contributed by atoms with van der Waals surface area (Å²) in [6.45, 7) is 1.86. The lowest BCUT2D eigenvalue weighted by Crippen LogP contribution is -2.13. The van der Waals surface area contributed by atoms with Gasteiger partial charge in [0.2, 0.25) is 5.91 Å². The summed E-state index contributed by atoms with van der Waals surface area (Å²) in [5.74, 6) is -1.75. The number of amides is 2. The molecule has 1 unspecified atom stereocenters. The third-order valence-electron chi connectivity index (χ3n) is 5.10. The Hall–Kier alpha value is -4.06. The molecule has 0 aromatic heterocycles. The number of ketones is 1. The SMILES string of the molecule is Cc1ccccc1C(=O)Nc1cccc(C(=O)c2ccc3c(c2)NC(=O)C3C=O)c1. The summed E-state index contributed by atoms with van der Waals surface area (Å²) in [5, 5.41) is 5.45. The molecule has 6 heteroatoms. The number of fused-ring (bicyclic) bond motifs is 1. The molecule has 1 heterocycles. The quantitative estimate of drug-likeness (QED) is 0.389. The molecule has 0 saturated heterocycles. The molecule has 0 bridgehead atoms. The van der Waals surface area contributed by atoms with Gasteiger partial charge in [0.15, 0.2) is 5.78 Å². The highest BCUT2D eigenvalue weighted by Gasteiger charge is 2.30. The van der Waals surface area contributed by atoms with Crippen LogP contribution in [0.4, 0.5) is 11.4 Å². The average molecular weight is 398 g/mol. The zero-order chi connectivity index (χ0) is 21.3. The minimum atomic E-state index is -0.843. The normalized spacial score (nSPS) is 14.6. The first-order chi connectivity index (χ1) is 14.5. The fourth-order valence-corrected chi connectivity index (χ4v) is 3.49. The van der Waals surface area contributed by atoms with Gasteiger partial charge >= 0.3 is 0 Å². The summed E-state index contributed by atoms with van der Waals surface area (Å²) in [6, 6.07) is 18.7. The van der Waals surface area contributed by atoms with E-state index >= 15 is 0 Å². The lowest BCUT2D eigenvalue weighted by Gasteiger charge is -2.09. The third kappa shape index (κ3) is 3.51. The first-order valence-corrected chi connectivity index (χ1v) is 9.40. The second-order valence-corrected chi connectivity index (χ2v) is 7.08. The Morgan fingerprint density at radius 1 is 0.967 bits per heavy atom. The van der Waals surface area contributed by atoms with E-state index in [1.54, 1.807) is 54.6 Å². The zero-order valence-corrected chi connectivity index (χ0v) is 16.1. The molecule has 3 aromatic carbocycles. The highest BCUT2D eigenvalue weighted by atomic mass is 16.2. The Balaban J connectivity index is 1.57. The van der Waals surface area contributed by atoms with Crippen LogP contribution in [-0.2, 0) is 9.59 Å². The lowest BCUT2D eigenvalue weighted by atomic mass is 9.97. The second kappa shape index (κ2) is 7.75. The molecule has 0 fully saturated rings. The van der Waals surface area contributed by atoms with Crippen LogP contribution >= 0.6 is 0 Å². The monoisotopic (exact) mass is 398 g/mol. The smallest absolute Gasteiger partial charge is 0.255 e. The van der Waals surface area contributed by atoms with Crippen molar-refractivity contribution in [3.05, 3.63) is 94.5 Å². The van der Waals surface area contributed by atoms with Crippen molar-refractivity contribution in [1.29, 1.82) is 0 Å². The summed E-state index contributed by atoms with van der Waals surface area (Å²) >= 11 is 0. The predicted molar refractivity (Wildman–Crippen MR) is 113 cm³/mol. The minimum absolute atomic E-state index is 0.252. The summed E-state index contributed by atoms with van der Waals surface area (Å²) in [6.07, 6.45) is 0.587. The Morgan fingerprint density at radius 3 is 2.50 bits per heavy atom. The number of aryl methyl sites for hydroxylation is 1. The lowest BCUT2D eigenvalue weighted by molar-refractivity contribution is -0.121. The van der Waals surface area contributed by atoms with E-state index in [0.29, 0.717) is 39.9 Å². The van der Waals surface area contributed by atoms with E-state index < -0.39 is 11.8 Å². The van der Waals surface area contributed by atoms with Gasteiger partial charge in [0.25, 0.3) is 5.91 Å². The standard InChI is InChI=1S/C24H18N2O4/c1-14-5-2-3-8-18(14)23(29)25-17-7-4-6-15(11-17)22(28)16-9-10-19-20(13-27)24(30)26-21(19)12-16/h2-13,20H,1H3,(H,25,29)(H,26,30). The van der Waals surface area contributed by atoms with Crippen molar-refractivity contribution >= 4 is 35.3 Å². The van der Waals surface area contributed by atoms with Crippen LogP contribution in [0.2, 0.25) is 0 Å². The van der Waals surface area contributed by atoms with Gasteiger partial charge in [-0.1, -0.05) is 42.5 Å². The van der Waals surface area contributed by atoms with E-state index in [0.717, 1.165) is 5.56 Å². The summed E-state index contributed by atoms with van der Waals surface area (Å²) in [7, 11) is 0. The number of carbonyl (C=O) groups is 4. The van der Waals surface area contributed by atoms with Crippen molar-refractivity contribution in [3.63, 3.8) is 0 Å². The molecule has 4 rings (SSSR count). The summed E-state index contributed by atoms with van der Waals surface area (Å²) in [5.41, 5.74) is 3.73. The Bertz CT molecular complexity index is 1200. The van der Waals surface area contributed by atoms with Crippen molar-refractivity contribution in [3.8, 4) is 0 Å². The minimum Gasteiger partial charge on any atom is -0.325 e. The molecule has 2 amide bonds.